The fraction of sp³-hybridized carbons (Fsp3) is 0.409. The lowest BCUT2D eigenvalue weighted by Crippen LogP contribution is -3.08. The molecule has 1 fully saturated rings. The first-order valence-corrected chi connectivity index (χ1v) is 9.90. The Balaban J connectivity index is 1.34. The standard InChI is InChI=1S/C22H25FN2O3/c1-25(14-16-7-3-4-8-18(16)23)15-21(26)24-17-9-10-19-20(13-17)28-22(27-19)11-5-2-6-12-22/h3-4,7-10,13H,2,5-6,11-12,14-15H2,1H3,(H,24,26)/p+1. The predicted octanol–water partition coefficient (Wildman–Crippen LogP) is 2.91. The van der Waals surface area contributed by atoms with E-state index >= 15 is 0 Å². The van der Waals surface area contributed by atoms with Crippen LogP contribution in [-0.4, -0.2) is 25.3 Å². The van der Waals surface area contributed by atoms with E-state index in [1.165, 1.54) is 12.5 Å². The Labute approximate surface area is 164 Å². The molecule has 0 saturated heterocycles. The zero-order valence-electron chi connectivity index (χ0n) is 16.1. The molecule has 0 aromatic heterocycles. The van der Waals surface area contributed by atoms with Gasteiger partial charge < -0.3 is 19.7 Å². The second-order valence-corrected chi connectivity index (χ2v) is 7.79. The molecule has 2 aromatic carbocycles. The number of amides is 1. The number of hydrogen-bond acceptors (Lipinski definition) is 3. The van der Waals surface area contributed by atoms with Crippen LogP contribution in [0.5, 0.6) is 11.5 Å². The highest BCUT2D eigenvalue weighted by atomic mass is 19.1. The molecule has 5 nitrogen and oxygen atoms in total. The van der Waals surface area contributed by atoms with Crippen LogP contribution in [0, 0.1) is 5.82 Å². The normalized spacial score (nSPS) is 18.1. The highest BCUT2D eigenvalue weighted by molar-refractivity contribution is 5.91. The monoisotopic (exact) mass is 385 g/mol. The van der Waals surface area contributed by atoms with E-state index in [1.807, 2.05) is 25.2 Å². The van der Waals surface area contributed by atoms with Crippen LogP contribution in [-0.2, 0) is 11.3 Å². The van der Waals surface area contributed by atoms with Crippen molar-refractivity contribution in [1.29, 1.82) is 0 Å². The van der Waals surface area contributed by atoms with Gasteiger partial charge in [-0.1, -0.05) is 24.6 Å². The number of quaternary nitrogens is 1. The molecule has 1 aliphatic heterocycles. The van der Waals surface area contributed by atoms with Gasteiger partial charge in [-0.15, -0.1) is 0 Å². The van der Waals surface area contributed by atoms with Crippen molar-refractivity contribution in [2.24, 2.45) is 0 Å². The largest absolute Gasteiger partial charge is 0.448 e. The number of benzene rings is 2. The minimum absolute atomic E-state index is 0.125. The Kier molecular flexibility index (Phi) is 5.22. The summed E-state index contributed by atoms with van der Waals surface area (Å²) in [5.41, 5.74) is 1.28. The lowest BCUT2D eigenvalue weighted by Gasteiger charge is -2.31. The number of halogens is 1. The van der Waals surface area contributed by atoms with Gasteiger partial charge in [0.25, 0.3) is 11.7 Å². The lowest BCUT2D eigenvalue weighted by atomic mass is 9.94. The minimum atomic E-state index is -0.520. The van der Waals surface area contributed by atoms with Crippen LogP contribution in [0.25, 0.3) is 0 Å². The first kappa shape index (κ1) is 18.7. The number of likely N-dealkylation sites (N-methyl/N-ethyl adjacent to an activating group) is 1. The molecular formula is C22H26FN2O3+. The third-order valence-electron chi connectivity index (χ3n) is 5.35. The number of hydrogen-bond donors (Lipinski definition) is 2. The van der Waals surface area contributed by atoms with Gasteiger partial charge in [0, 0.05) is 30.2 Å². The second-order valence-electron chi connectivity index (χ2n) is 7.79. The van der Waals surface area contributed by atoms with Crippen molar-refractivity contribution >= 4 is 11.6 Å². The summed E-state index contributed by atoms with van der Waals surface area (Å²) in [6, 6.07) is 12.2. The van der Waals surface area contributed by atoms with Crippen LogP contribution in [0.2, 0.25) is 0 Å². The maximum Gasteiger partial charge on any atom is 0.279 e. The molecule has 148 valence electrons. The quantitative estimate of drug-likeness (QED) is 0.832. The smallest absolute Gasteiger partial charge is 0.279 e. The SMILES string of the molecule is C[NH+](CC(=O)Nc1ccc2c(c1)OC1(CCCCC1)O2)Cc1ccccc1F. The van der Waals surface area contributed by atoms with Crippen molar-refractivity contribution in [2.75, 3.05) is 18.9 Å². The van der Waals surface area contributed by atoms with Crippen molar-refractivity contribution in [3.05, 3.63) is 53.8 Å². The molecule has 0 bridgehead atoms. The molecule has 2 N–H and O–H groups in total. The molecule has 28 heavy (non-hydrogen) atoms. The van der Waals surface area contributed by atoms with E-state index in [0.717, 1.165) is 36.3 Å². The van der Waals surface area contributed by atoms with Gasteiger partial charge in [0.15, 0.2) is 18.0 Å². The molecule has 1 aliphatic carbocycles. The summed E-state index contributed by atoms with van der Waals surface area (Å²) in [6.45, 7) is 0.691. The molecular weight excluding hydrogens is 359 g/mol. The Morgan fingerprint density at radius 2 is 1.86 bits per heavy atom. The average molecular weight is 385 g/mol. The van der Waals surface area contributed by atoms with Crippen molar-refractivity contribution in [3.8, 4) is 11.5 Å². The molecule has 6 heteroatoms. The topological polar surface area (TPSA) is 52.0 Å². The molecule has 2 aromatic rings. The number of ether oxygens (including phenoxy) is 2. The third-order valence-corrected chi connectivity index (χ3v) is 5.35. The Morgan fingerprint density at radius 1 is 1.11 bits per heavy atom. The van der Waals surface area contributed by atoms with Crippen LogP contribution in [0.1, 0.15) is 37.7 Å². The maximum atomic E-state index is 13.8. The molecule has 1 unspecified atom stereocenters. The number of carbonyl (C=O) groups excluding carboxylic acids is 1. The molecule has 1 atom stereocenters. The number of fused-ring (bicyclic) bond motifs is 1. The van der Waals surface area contributed by atoms with Crippen LogP contribution in [0.3, 0.4) is 0 Å². The summed E-state index contributed by atoms with van der Waals surface area (Å²) < 4.78 is 25.9. The van der Waals surface area contributed by atoms with E-state index in [0.29, 0.717) is 23.5 Å². The molecule has 1 heterocycles. The van der Waals surface area contributed by atoms with Gasteiger partial charge in [-0.25, -0.2) is 4.39 Å². The second kappa shape index (κ2) is 7.80. The molecule has 1 spiro atoms. The molecule has 1 amide bonds. The third kappa shape index (κ3) is 4.12. The van der Waals surface area contributed by atoms with Crippen molar-refractivity contribution in [3.63, 3.8) is 0 Å². The maximum absolute atomic E-state index is 13.8. The van der Waals surface area contributed by atoms with Gasteiger partial charge >= 0.3 is 0 Å². The lowest BCUT2D eigenvalue weighted by molar-refractivity contribution is -0.885. The first-order valence-electron chi connectivity index (χ1n) is 9.90. The summed E-state index contributed by atoms with van der Waals surface area (Å²) in [6.07, 6.45) is 5.22. The predicted molar refractivity (Wildman–Crippen MR) is 104 cm³/mol. The zero-order valence-corrected chi connectivity index (χ0v) is 16.1. The summed E-state index contributed by atoms with van der Waals surface area (Å²) in [4.78, 5) is 13.3. The summed E-state index contributed by atoms with van der Waals surface area (Å²) in [7, 11) is 1.87. The first-order chi connectivity index (χ1) is 13.5. The minimum Gasteiger partial charge on any atom is -0.448 e. The van der Waals surface area contributed by atoms with Crippen LogP contribution in [0.15, 0.2) is 42.5 Å². The number of rotatable bonds is 5. The highest BCUT2D eigenvalue weighted by Crippen LogP contribution is 2.46. The number of anilines is 1. The molecule has 1 saturated carbocycles. The molecule has 2 aliphatic rings. The number of nitrogens with one attached hydrogen (secondary N) is 2. The Bertz CT molecular complexity index is 865. The van der Waals surface area contributed by atoms with Gasteiger partial charge in [0.05, 0.1) is 7.05 Å². The van der Waals surface area contributed by atoms with Gasteiger partial charge in [-0.2, -0.15) is 0 Å². The highest BCUT2D eigenvalue weighted by Gasteiger charge is 2.42. The Hall–Kier alpha value is -2.60. The van der Waals surface area contributed by atoms with E-state index in [1.54, 1.807) is 18.2 Å². The van der Waals surface area contributed by atoms with Crippen LogP contribution in [0.4, 0.5) is 10.1 Å². The fourth-order valence-electron chi connectivity index (χ4n) is 3.97. The van der Waals surface area contributed by atoms with Crippen molar-refractivity contribution in [1.82, 2.24) is 0 Å². The van der Waals surface area contributed by atoms with Crippen molar-refractivity contribution < 1.29 is 23.6 Å². The van der Waals surface area contributed by atoms with E-state index in [9.17, 15) is 9.18 Å². The van der Waals surface area contributed by atoms with Gasteiger partial charge in [0.2, 0.25) is 0 Å². The fourth-order valence-corrected chi connectivity index (χ4v) is 3.97. The summed E-state index contributed by atoms with van der Waals surface area (Å²) in [5.74, 6) is 0.538. The van der Waals surface area contributed by atoms with E-state index in [4.69, 9.17) is 9.47 Å². The van der Waals surface area contributed by atoms with Gasteiger partial charge in [-0.05, 0) is 31.0 Å². The summed E-state index contributed by atoms with van der Waals surface area (Å²) in [5, 5.41) is 2.91. The van der Waals surface area contributed by atoms with E-state index in [2.05, 4.69) is 5.32 Å². The van der Waals surface area contributed by atoms with Crippen LogP contribution < -0.4 is 19.7 Å². The molecule has 0 radical (unpaired) electrons. The van der Waals surface area contributed by atoms with Gasteiger partial charge in [-0.3, -0.25) is 4.79 Å². The van der Waals surface area contributed by atoms with E-state index < -0.39 is 5.79 Å². The Morgan fingerprint density at radius 3 is 2.64 bits per heavy atom. The van der Waals surface area contributed by atoms with Crippen LogP contribution >= 0.6 is 0 Å². The number of carbonyl (C=O) groups is 1. The van der Waals surface area contributed by atoms with Crippen molar-refractivity contribution in [2.45, 2.75) is 44.4 Å². The molecule has 4 rings (SSSR count). The average Bonchev–Trinajstić information content (AvgIpc) is 3.00. The van der Waals surface area contributed by atoms with E-state index in [-0.39, 0.29) is 18.3 Å². The van der Waals surface area contributed by atoms with Gasteiger partial charge in [0.1, 0.15) is 12.4 Å². The summed E-state index contributed by atoms with van der Waals surface area (Å²) >= 11 is 0. The zero-order chi connectivity index (χ0) is 19.6.